The summed E-state index contributed by atoms with van der Waals surface area (Å²) >= 11 is 0. The van der Waals surface area contributed by atoms with E-state index in [2.05, 4.69) is 10.6 Å². The van der Waals surface area contributed by atoms with Crippen molar-refractivity contribution in [3.05, 3.63) is 103 Å². The molecule has 0 unspecified atom stereocenters. The van der Waals surface area contributed by atoms with Crippen molar-refractivity contribution in [2.24, 2.45) is 0 Å². The Bertz CT molecular complexity index is 1390. The summed E-state index contributed by atoms with van der Waals surface area (Å²) in [5.41, 5.74) is 1.22. The first-order valence-corrected chi connectivity index (χ1v) is 12.7. The normalized spacial score (nSPS) is 15.6. The monoisotopic (exact) mass is 511 g/mol. The molecule has 0 radical (unpaired) electrons. The second-order valence-corrected chi connectivity index (χ2v) is 9.12. The van der Waals surface area contributed by atoms with E-state index in [-0.39, 0.29) is 24.3 Å². The fourth-order valence-corrected chi connectivity index (χ4v) is 4.74. The van der Waals surface area contributed by atoms with E-state index in [1.165, 1.54) is 17.2 Å². The highest BCUT2D eigenvalue weighted by Crippen LogP contribution is 2.34. The summed E-state index contributed by atoms with van der Waals surface area (Å²) in [7, 11) is 0. The van der Waals surface area contributed by atoms with Gasteiger partial charge in [0.15, 0.2) is 5.76 Å². The van der Waals surface area contributed by atoms with E-state index < -0.39 is 17.9 Å². The standard InChI is InChI=1S/C30H29N3O5/c34-27(20-32-29(35)26-16-8-18-38-26)33(25-15-6-12-21-9-4-5-14-24(21)25)28(22-10-2-1-3-11-22)30(36)31-19-23-13-7-17-37-23/h1-6,8-12,14-16,18,23,28H,7,13,17,19-20H2,(H,31,36)(H,32,35)/t23-,28-/m0/s1. The molecule has 0 saturated carbocycles. The summed E-state index contributed by atoms with van der Waals surface area (Å²) in [5, 5.41) is 7.37. The highest BCUT2D eigenvalue weighted by Gasteiger charge is 2.34. The van der Waals surface area contributed by atoms with Crippen LogP contribution >= 0.6 is 0 Å². The molecule has 38 heavy (non-hydrogen) atoms. The topological polar surface area (TPSA) is 101 Å². The predicted molar refractivity (Wildman–Crippen MR) is 144 cm³/mol. The number of furan rings is 1. The van der Waals surface area contributed by atoms with Crippen LogP contribution in [0.2, 0.25) is 0 Å². The summed E-state index contributed by atoms with van der Waals surface area (Å²) in [6.07, 6.45) is 3.17. The molecule has 0 bridgehead atoms. The number of fused-ring (bicyclic) bond motifs is 1. The minimum atomic E-state index is -0.976. The molecule has 8 nitrogen and oxygen atoms in total. The first-order chi connectivity index (χ1) is 18.6. The van der Waals surface area contributed by atoms with Crippen LogP contribution in [0.15, 0.2) is 95.6 Å². The molecule has 1 aliphatic rings. The minimum absolute atomic E-state index is 0.0512. The van der Waals surface area contributed by atoms with E-state index in [1.807, 2.05) is 72.8 Å². The lowest BCUT2D eigenvalue weighted by Crippen LogP contribution is -2.48. The van der Waals surface area contributed by atoms with Gasteiger partial charge in [-0.15, -0.1) is 0 Å². The number of benzene rings is 3. The van der Waals surface area contributed by atoms with E-state index in [0.717, 1.165) is 23.6 Å². The van der Waals surface area contributed by atoms with Crippen LogP contribution in [0.25, 0.3) is 10.8 Å². The Morgan fingerprint density at radius 2 is 1.68 bits per heavy atom. The molecule has 8 heteroatoms. The maximum Gasteiger partial charge on any atom is 0.287 e. The molecule has 0 aliphatic carbocycles. The molecule has 4 aromatic rings. The maximum atomic E-state index is 13.9. The van der Waals surface area contributed by atoms with Crippen molar-refractivity contribution >= 4 is 34.2 Å². The number of ether oxygens (including phenoxy) is 1. The largest absolute Gasteiger partial charge is 0.459 e. The molecular weight excluding hydrogens is 482 g/mol. The molecule has 2 atom stereocenters. The quantitative estimate of drug-likeness (QED) is 0.350. The summed E-state index contributed by atoms with van der Waals surface area (Å²) in [4.78, 5) is 41.7. The number of rotatable bonds is 9. The van der Waals surface area contributed by atoms with E-state index >= 15 is 0 Å². The lowest BCUT2D eigenvalue weighted by molar-refractivity contribution is -0.126. The molecule has 3 aromatic carbocycles. The number of hydrogen-bond donors (Lipinski definition) is 2. The van der Waals surface area contributed by atoms with Crippen LogP contribution in [0.3, 0.4) is 0 Å². The summed E-state index contributed by atoms with van der Waals surface area (Å²) in [6, 6.07) is 24.6. The van der Waals surface area contributed by atoms with Gasteiger partial charge in [-0.3, -0.25) is 19.3 Å². The zero-order valence-electron chi connectivity index (χ0n) is 20.8. The zero-order valence-corrected chi connectivity index (χ0v) is 20.8. The van der Waals surface area contributed by atoms with Gasteiger partial charge in [-0.2, -0.15) is 0 Å². The highest BCUT2D eigenvalue weighted by molar-refractivity contribution is 6.09. The second kappa shape index (κ2) is 11.7. The van der Waals surface area contributed by atoms with E-state index in [4.69, 9.17) is 9.15 Å². The Labute approximate surface area is 220 Å². The number of nitrogens with one attached hydrogen (secondary N) is 2. The van der Waals surface area contributed by atoms with Gasteiger partial charge in [0.1, 0.15) is 6.04 Å². The first kappa shape index (κ1) is 25.2. The molecule has 1 fully saturated rings. The van der Waals surface area contributed by atoms with E-state index in [9.17, 15) is 14.4 Å². The molecular formula is C30H29N3O5. The molecule has 3 amide bonds. The molecule has 194 valence electrons. The van der Waals surface area contributed by atoms with Gasteiger partial charge in [-0.05, 0) is 42.0 Å². The van der Waals surface area contributed by atoms with Crippen molar-refractivity contribution in [2.45, 2.75) is 25.0 Å². The van der Waals surface area contributed by atoms with Gasteiger partial charge in [0.25, 0.3) is 5.91 Å². The number of nitrogens with zero attached hydrogens (tertiary/aromatic N) is 1. The average Bonchev–Trinajstić information content (AvgIpc) is 3.68. The van der Waals surface area contributed by atoms with Gasteiger partial charge in [0.2, 0.25) is 11.8 Å². The van der Waals surface area contributed by atoms with Gasteiger partial charge in [0, 0.05) is 18.5 Å². The van der Waals surface area contributed by atoms with E-state index in [1.54, 1.807) is 6.07 Å². The number of anilines is 1. The Hall–Kier alpha value is -4.43. The van der Waals surface area contributed by atoms with Crippen molar-refractivity contribution < 1.29 is 23.5 Å². The van der Waals surface area contributed by atoms with Crippen LogP contribution in [0.1, 0.15) is 35.0 Å². The van der Waals surface area contributed by atoms with Crippen LogP contribution in [0.4, 0.5) is 5.69 Å². The predicted octanol–water partition coefficient (Wildman–Crippen LogP) is 4.23. The van der Waals surface area contributed by atoms with E-state index in [0.29, 0.717) is 24.4 Å². The third-order valence-electron chi connectivity index (χ3n) is 6.59. The smallest absolute Gasteiger partial charge is 0.287 e. The van der Waals surface area contributed by atoms with Crippen LogP contribution < -0.4 is 15.5 Å². The van der Waals surface area contributed by atoms with Crippen molar-refractivity contribution in [2.75, 3.05) is 24.6 Å². The van der Waals surface area contributed by atoms with Gasteiger partial charge in [0.05, 0.1) is 24.6 Å². The molecule has 0 spiro atoms. The van der Waals surface area contributed by atoms with Crippen LogP contribution in [0, 0.1) is 0 Å². The van der Waals surface area contributed by atoms with Crippen LogP contribution in [-0.2, 0) is 14.3 Å². The Balaban J connectivity index is 1.52. The molecule has 2 heterocycles. The zero-order chi connectivity index (χ0) is 26.3. The Kier molecular flexibility index (Phi) is 7.80. The first-order valence-electron chi connectivity index (χ1n) is 12.7. The lowest BCUT2D eigenvalue weighted by Gasteiger charge is -2.32. The summed E-state index contributed by atoms with van der Waals surface area (Å²) in [6.45, 7) is 0.707. The van der Waals surface area contributed by atoms with Crippen LogP contribution in [0.5, 0.6) is 0 Å². The fourth-order valence-electron chi connectivity index (χ4n) is 4.74. The molecule has 1 saturated heterocycles. The Morgan fingerprint density at radius 1 is 0.895 bits per heavy atom. The van der Waals surface area contributed by atoms with Gasteiger partial charge in [-0.1, -0.05) is 66.7 Å². The fraction of sp³-hybridized carbons (Fsp3) is 0.233. The third kappa shape index (κ3) is 5.60. The Morgan fingerprint density at radius 3 is 2.45 bits per heavy atom. The van der Waals surface area contributed by atoms with Crippen molar-refractivity contribution in [1.29, 1.82) is 0 Å². The van der Waals surface area contributed by atoms with Crippen LogP contribution in [-0.4, -0.2) is 43.5 Å². The number of carbonyl (C=O) groups is 3. The summed E-state index contributed by atoms with van der Waals surface area (Å²) < 4.78 is 10.8. The second-order valence-electron chi connectivity index (χ2n) is 9.12. The maximum absolute atomic E-state index is 13.9. The minimum Gasteiger partial charge on any atom is -0.459 e. The van der Waals surface area contributed by atoms with Gasteiger partial charge < -0.3 is 19.8 Å². The molecule has 2 N–H and O–H groups in total. The SMILES string of the molecule is O=C(NCC(=O)N(c1cccc2ccccc12)[C@H](C(=O)NC[C@@H]1CCCO1)c1ccccc1)c1ccco1. The van der Waals surface area contributed by atoms with Crippen molar-refractivity contribution in [3.8, 4) is 0 Å². The number of carbonyl (C=O) groups excluding carboxylic acids is 3. The van der Waals surface area contributed by atoms with Gasteiger partial charge >= 0.3 is 0 Å². The molecule has 1 aliphatic heterocycles. The van der Waals surface area contributed by atoms with Gasteiger partial charge in [-0.25, -0.2) is 0 Å². The third-order valence-corrected chi connectivity index (χ3v) is 6.59. The number of hydrogen-bond acceptors (Lipinski definition) is 5. The molecule has 1 aromatic heterocycles. The lowest BCUT2D eigenvalue weighted by atomic mass is 10.0. The molecule has 5 rings (SSSR count). The summed E-state index contributed by atoms with van der Waals surface area (Å²) in [5.74, 6) is -1.18. The average molecular weight is 512 g/mol. The highest BCUT2D eigenvalue weighted by atomic mass is 16.5. The van der Waals surface area contributed by atoms with Crippen molar-refractivity contribution in [1.82, 2.24) is 10.6 Å². The number of amides is 3. The van der Waals surface area contributed by atoms with Crippen molar-refractivity contribution in [3.63, 3.8) is 0 Å².